The van der Waals surface area contributed by atoms with Gasteiger partial charge < -0.3 is 15.8 Å². The number of nitrogens with one attached hydrogen (secondary N) is 1. The van der Waals surface area contributed by atoms with Gasteiger partial charge in [0.2, 0.25) is 0 Å². The van der Waals surface area contributed by atoms with E-state index in [-0.39, 0.29) is 16.5 Å². The molecule has 0 bridgehead atoms. The van der Waals surface area contributed by atoms with Crippen molar-refractivity contribution in [3.63, 3.8) is 0 Å². The highest BCUT2D eigenvalue weighted by Crippen LogP contribution is 2.31. The van der Waals surface area contributed by atoms with E-state index in [1.807, 2.05) is 31.2 Å². The standard InChI is InChI=1S/C15H16N2O3S/c1-8-4-6-10(7-5-8)17-14(18)12-9(2)11(13(16)21-12)15(19)20-3/h4-7H,16H2,1-3H3,(H,17,18). The zero-order chi connectivity index (χ0) is 15.6. The van der Waals surface area contributed by atoms with E-state index in [2.05, 4.69) is 10.1 Å². The molecule has 0 fully saturated rings. The summed E-state index contributed by atoms with van der Waals surface area (Å²) >= 11 is 1.08. The van der Waals surface area contributed by atoms with E-state index in [1.54, 1.807) is 6.92 Å². The summed E-state index contributed by atoms with van der Waals surface area (Å²) in [6, 6.07) is 7.46. The summed E-state index contributed by atoms with van der Waals surface area (Å²) in [5.41, 5.74) is 8.40. The fraction of sp³-hybridized carbons (Fsp3) is 0.200. The van der Waals surface area contributed by atoms with Crippen LogP contribution in [0.5, 0.6) is 0 Å². The average molecular weight is 304 g/mol. The first-order valence-electron chi connectivity index (χ1n) is 6.29. The molecule has 0 aliphatic carbocycles. The number of anilines is 2. The van der Waals surface area contributed by atoms with Crippen LogP contribution >= 0.6 is 11.3 Å². The fourth-order valence-corrected chi connectivity index (χ4v) is 2.89. The molecule has 0 aliphatic rings. The Morgan fingerprint density at radius 1 is 1.19 bits per heavy atom. The Morgan fingerprint density at radius 3 is 2.38 bits per heavy atom. The summed E-state index contributed by atoms with van der Waals surface area (Å²) in [6.45, 7) is 3.65. The maximum atomic E-state index is 12.3. The molecular weight excluding hydrogens is 288 g/mol. The number of benzene rings is 1. The second kappa shape index (κ2) is 5.97. The molecular formula is C15H16N2O3S. The van der Waals surface area contributed by atoms with E-state index < -0.39 is 5.97 Å². The lowest BCUT2D eigenvalue weighted by molar-refractivity contribution is 0.0601. The lowest BCUT2D eigenvalue weighted by Gasteiger charge is -2.05. The molecule has 21 heavy (non-hydrogen) atoms. The smallest absolute Gasteiger partial charge is 0.341 e. The number of methoxy groups -OCH3 is 1. The highest BCUT2D eigenvalue weighted by Gasteiger charge is 2.23. The summed E-state index contributed by atoms with van der Waals surface area (Å²) in [5, 5.41) is 3.07. The van der Waals surface area contributed by atoms with Crippen LogP contribution in [-0.2, 0) is 4.74 Å². The molecule has 1 aromatic carbocycles. The zero-order valence-electron chi connectivity index (χ0n) is 12.0. The van der Waals surface area contributed by atoms with Crippen molar-refractivity contribution in [1.82, 2.24) is 0 Å². The van der Waals surface area contributed by atoms with Gasteiger partial charge in [0.25, 0.3) is 5.91 Å². The number of nitrogen functional groups attached to an aromatic ring is 1. The molecule has 0 unspecified atom stereocenters. The number of aryl methyl sites for hydroxylation is 1. The van der Waals surface area contributed by atoms with E-state index >= 15 is 0 Å². The van der Waals surface area contributed by atoms with Gasteiger partial charge in [0.05, 0.1) is 17.6 Å². The Bertz CT molecular complexity index is 690. The molecule has 2 aromatic rings. The highest BCUT2D eigenvalue weighted by atomic mass is 32.1. The number of amides is 1. The second-order valence-corrected chi connectivity index (χ2v) is 5.66. The Morgan fingerprint density at radius 2 is 1.81 bits per heavy atom. The van der Waals surface area contributed by atoms with Crippen LogP contribution in [-0.4, -0.2) is 19.0 Å². The van der Waals surface area contributed by atoms with Gasteiger partial charge in [-0.05, 0) is 31.5 Å². The number of rotatable bonds is 3. The minimum atomic E-state index is -0.532. The van der Waals surface area contributed by atoms with Crippen molar-refractivity contribution in [2.24, 2.45) is 0 Å². The molecule has 0 saturated heterocycles. The van der Waals surface area contributed by atoms with Crippen LogP contribution in [0.15, 0.2) is 24.3 Å². The monoisotopic (exact) mass is 304 g/mol. The summed E-state index contributed by atoms with van der Waals surface area (Å²) in [5.74, 6) is -0.821. The van der Waals surface area contributed by atoms with Crippen LogP contribution in [0.2, 0.25) is 0 Å². The first-order chi connectivity index (χ1) is 9.93. The molecule has 0 atom stereocenters. The molecule has 5 nitrogen and oxygen atoms in total. The van der Waals surface area contributed by atoms with Crippen LogP contribution < -0.4 is 11.1 Å². The first kappa shape index (κ1) is 15.1. The van der Waals surface area contributed by atoms with Crippen LogP contribution in [0, 0.1) is 13.8 Å². The molecule has 2 rings (SSSR count). The van der Waals surface area contributed by atoms with E-state index in [4.69, 9.17) is 5.73 Å². The molecule has 0 saturated carbocycles. The minimum absolute atomic E-state index is 0.261. The van der Waals surface area contributed by atoms with Gasteiger partial charge in [-0.15, -0.1) is 11.3 Å². The number of thiophene rings is 1. The predicted octanol–water partition coefficient (Wildman–Crippen LogP) is 2.99. The molecule has 0 spiro atoms. The summed E-state index contributed by atoms with van der Waals surface area (Å²) in [4.78, 5) is 24.4. The van der Waals surface area contributed by atoms with Crippen LogP contribution in [0.1, 0.15) is 31.2 Å². The van der Waals surface area contributed by atoms with Crippen molar-refractivity contribution >= 4 is 33.9 Å². The molecule has 1 amide bonds. The number of carbonyl (C=O) groups excluding carboxylic acids is 2. The van der Waals surface area contributed by atoms with Gasteiger partial charge in [0, 0.05) is 5.69 Å². The molecule has 3 N–H and O–H groups in total. The minimum Gasteiger partial charge on any atom is -0.465 e. The van der Waals surface area contributed by atoms with E-state index in [0.29, 0.717) is 16.1 Å². The average Bonchev–Trinajstić information content (AvgIpc) is 2.76. The van der Waals surface area contributed by atoms with Gasteiger partial charge >= 0.3 is 5.97 Å². The Kier molecular flexibility index (Phi) is 4.28. The van der Waals surface area contributed by atoms with Gasteiger partial charge in [-0.25, -0.2) is 4.79 Å². The number of hydrogen-bond acceptors (Lipinski definition) is 5. The summed E-state index contributed by atoms with van der Waals surface area (Å²) in [6.07, 6.45) is 0. The van der Waals surface area contributed by atoms with Crippen molar-refractivity contribution in [3.05, 3.63) is 45.8 Å². The largest absolute Gasteiger partial charge is 0.465 e. The number of ether oxygens (including phenoxy) is 1. The van der Waals surface area contributed by atoms with Crippen molar-refractivity contribution in [3.8, 4) is 0 Å². The highest BCUT2D eigenvalue weighted by molar-refractivity contribution is 7.18. The Labute approximate surface area is 126 Å². The second-order valence-electron chi connectivity index (χ2n) is 4.61. The van der Waals surface area contributed by atoms with E-state index in [1.165, 1.54) is 7.11 Å². The fourth-order valence-electron chi connectivity index (χ4n) is 1.93. The van der Waals surface area contributed by atoms with Crippen molar-refractivity contribution < 1.29 is 14.3 Å². The topological polar surface area (TPSA) is 81.4 Å². The maximum Gasteiger partial charge on any atom is 0.341 e. The zero-order valence-corrected chi connectivity index (χ0v) is 12.8. The Balaban J connectivity index is 2.28. The lowest BCUT2D eigenvalue weighted by Crippen LogP contribution is -2.12. The van der Waals surface area contributed by atoms with Gasteiger partial charge in [-0.3, -0.25) is 4.79 Å². The first-order valence-corrected chi connectivity index (χ1v) is 7.11. The predicted molar refractivity (Wildman–Crippen MR) is 83.9 cm³/mol. The van der Waals surface area contributed by atoms with Crippen LogP contribution in [0.4, 0.5) is 10.7 Å². The van der Waals surface area contributed by atoms with Crippen LogP contribution in [0.25, 0.3) is 0 Å². The van der Waals surface area contributed by atoms with Crippen LogP contribution in [0.3, 0.4) is 0 Å². The van der Waals surface area contributed by atoms with Crippen molar-refractivity contribution in [2.75, 3.05) is 18.2 Å². The number of carbonyl (C=O) groups is 2. The lowest BCUT2D eigenvalue weighted by atomic mass is 10.1. The number of nitrogens with two attached hydrogens (primary N) is 1. The third-order valence-electron chi connectivity index (χ3n) is 3.08. The summed E-state index contributed by atoms with van der Waals surface area (Å²) in [7, 11) is 1.28. The third kappa shape index (κ3) is 3.05. The van der Waals surface area contributed by atoms with Crippen molar-refractivity contribution in [1.29, 1.82) is 0 Å². The third-order valence-corrected chi connectivity index (χ3v) is 4.20. The normalized spacial score (nSPS) is 10.2. The van der Waals surface area contributed by atoms with Gasteiger partial charge in [-0.2, -0.15) is 0 Å². The Hall–Kier alpha value is -2.34. The molecule has 0 radical (unpaired) electrons. The quantitative estimate of drug-likeness (QED) is 0.854. The van der Waals surface area contributed by atoms with E-state index in [0.717, 1.165) is 16.9 Å². The molecule has 1 aromatic heterocycles. The summed E-state index contributed by atoms with van der Waals surface area (Å²) < 4.78 is 4.68. The molecule has 6 heteroatoms. The van der Waals surface area contributed by atoms with Gasteiger partial charge in [0.1, 0.15) is 5.00 Å². The molecule has 110 valence electrons. The number of esters is 1. The van der Waals surface area contributed by atoms with Gasteiger partial charge in [-0.1, -0.05) is 17.7 Å². The number of hydrogen-bond donors (Lipinski definition) is 2. The molecule has 1 heterocycles. The van der Waals surface area contributed by atoms with Crippen molar-refractivity contribution in [2.45, 2.75) is 13.8 Å². The maximum absolute atomic E-state index is 12.3. The van der Waals surface area contributed by atoms with E-state index in [9.17, 15) is 9.59 Å². The molecule has 0 aliphatic heterocycles. The SMILES string of the molecule is COC(=O)c1c(N)sc(C(=O)Nc2ccc(C)cc2)c1C. The van der Waals surface area contributed by atoms with Gasteiger partial charge in [0.15, 0.2) is 0 Å².